The predicted molar refractivity (Wildman–Crippen MR) is 111 cm³/mol. The first-order chi connectivity index (χ1) is 13.6. The topological polar surface area (TPSA) is 68.4 Å². The Bertz CT molecular complexity index is 827. The highest BCUT2D eigenvalue weighted by Gasteiger charge is 2.12. The van der Waals surface area contributed by atoms with Crippen molar-refractivity contribution in [2.75, 3.05) is 26.2 Å². The number of aromatic nitrogens is 2. The van der Waals surface area contributed by atoms with E-state index in [2.05, 4.69) is 10.4 Å². The van der Waals surface area contributed by atoms with Crippen LogP contribution in [0.15, 0.2) is 41.2 Å². The van der Waals surface area contributed by atoms with Gasteiger partial charge in [0.05, 0.1) is 38.4 Å². The van der Waals surface area contributed by atoms with E-state index >= 15 is 0 Å². The van der Waals surface area contributed by atoms with Crippen molar-refractivity contribution in [2.45, 2.75) is 38.6 Å². The van der Waals surface area contributed by atoms with Gasteiger partial charge < -0.3 is 10.2 Å². The van der Waals surface area contributed by atoms with Crippen LogP contribution in [0.1, 0.15) is 32.1 Å². The molecule has 1 fully saturated rings. The molecule has 1 amide bonds. The predicted octanol–water partition coefficient (Wildman–Crippen LogP) is 1.53. The van der Waals surface area contributed by atoms with E-state index in [1.54, 1.807) is 23.1 Å². The zero-order valence-corrected chi connectivity index (χ0v) is 16.9. The third kappa shape index (κ3) is 6.17. The van der Waals surface area contributed by atoms with Crippen molar-refractivity contribution in [1.29, 1.82) is 0 Å². The van der Waals surface area contributed by atoms with Crippen molar-refractivity contribution in [2.24, 2.45) is 0 Å². The van der Waals surface area contributed by atoms with Gasteiger partial charge in [-0.1, -0.05) is 23.7 Å². The summed E-state index contributed by atoms with van der Waals surface area (Å²) < 4.78 is 1.35. The Morgan fingerprint density at radius 3 is 2.50 bits per heavy atom. The van der Waals surface area contributed by atoms with E-state index < -0.39 is 0 Å². The lowest BCUT2D eigenvalue weighted by Gasteiger charge is -2.17. The average Bonchev–Trinajstić information content (AvgIpc) is 2.97. The van der Waals surface area contributed by atoms with Crippen molar-refractivity contribution >= 4 is 17.5 Å². The molecule has 1 aromatic heterocycles. The van der Waals surface area contributed by atoms with Crippen molar-refractivity contribution in [3.63, 3.8) is 0 Å². The molecule has 0 atom stereocenters. The van der Waals surface area contributed by atoms with Gasteiger partial charge in [-0.2, -0.15) is 5.10 Å². The fourth-order valence-electron chi connectivity index (χ4n) is 3.54. The lowest BCUT2D eigenvalue weighted by molar-refractivity contribution is -0.898. The molecule has 0 radical (unpaired) electrons. The van der Waals surface area contributed by atoms with Crippen LogP contribution in [0.5, 0.6) is 0 Å². The summed E-state index contributed by atoms with van der Waals surface area (Å²) >= 11 is 5.92. The minimum absolute atomic E-state index is 0.0418. The summed E-state index contributed by atoms with van der Waals surface area (Å²) in [5, 5.41) is 8.01. The summed E-state index contributed by atoms with van der Waals surface area (Å²) in [5.41, 5.74) is 1.35. The molecular formula is C21H28ClN4O2+. The second-order valence-corrected chi connectivity index (χ2v) is 7.74. The number of likely N-dealkylation sites (tertiary alicyclic amines) is 1. The van der Waals surface area contributed by atoms with Crippen LogP contribution in [0, 0.1) is 0 Å². The summed E-state index contributed by atoms with van der Waals surface area (Å²) in [6, 6.07) is 10.5. The smallest absolute Gasteiger partial charge is 0.266 e. The molecule has 1 saturated heterocycles. The number of halogens is 1. The summed E-state index contributed by atoms with van der Waals surface area (Å²) in [5.74, 6) is -0.0418. The van der Waals surface area contributed by atoms with E-state index in [1.165, 1.54) is 49.5 Å². The minimum atomic E-state index is -0.209. The molecule has 2 aromatic rings. The van der Waals surface area contributed by atoms with Gasteiger partial charge in [-0.05, 0) is 43.9 Å². The molecule has 0 saturated carbocycles. The SMILES string of the molecule is O=C(CCn1nc(-c2ccc(Cl)cc2)ccc1=O)NCC[NH+]1CCCCCC1. The van der Waals surface area contributed by atoms with E-state index in [0.29, 0.717) is 17.3 Å². The number of quaternary nitrogens is 1. The summed E-state index contributed by atoms with van der Waals surface area (Å²) in [4.78, 5) is 25.8. The van der Waals surface area contributed by atoms with E-state index in [-0.39, 0.29) is 24.4 Å². The van der Waals surface area contributed by atoms with Gasteiger partial charge in [0.25, 0.3) is 5.56 Å². The van der Waals surface area contributed by atoms with Crippen LogP contribution in [-0.4, -0.2) is 41.9 Å². The molecule has 7 heteroatoms. The molecule has 0 spiro atoms. The first kappa shape index (κ1) is 20.6. The van der Waals surface area contributed by atoms with Crippen molar-refractivity contribution in [1.82, 2.24) is 15.1 Å². The molecule has 1 aliphatic heterocycles. The van der Waals surface area contributed by atoms with Crippen LogP contribution < -0.4 is 15.8 Å². The van der Waals surface area contributed by atoms with E-state index in [4.69, 9.17) is 11.6 Å². The fourth-order valence-corrected chi connectivity index (χ4v) is 3.66. The van der Waals surface area contributed by atoms with Gasteiger partial charge in [0.2, 0.25) is 5.91 Å². The second kappa shape index (κ2) is 10.4. The molecule has 0 bridgehead atoms. The average molecular weight is 404 g/mol. The first-order valence-corrected chi connectivity index (χ1v) is 10.4. The molecule has 150 valence electrons. The standard InChI is InChI=1S/C21H27ClN4O2/c22-18-7-5-17(6-8-18)19-9-10-21(28)26(24-19)15-11-20(27)23-12-16-25-13-3-1-2-4-14-25/h5-10H,1-4,11-16H2,(H,23,27)/p+1. The van der Waals surface area contributed by atoms with Crippen LogP contribution in [0.4, 0.5) is 0 Å². The maximum Gasteiger partial charge on any atom is 0.266 e. The van der Waals surface area contributed by atoms with Crippen molar-refractivity contribution in [3.05, 3.63) is 51.8 Å². The van der Waals surface area contributed by atoms with Crippen LogP contribution in [-0.2, 0) is 11.3 Å². The molecular weight excluding hydrogens is 376 g/mol. The highest BCUT2D eigenvalue weighted by Crippen LogP contribution is 2.18. The summed E-state index contributed by atoms with van der Waals surface area (Å²) in [6.45, 7) is 4.32. The first-order valence-electron chi connectivity index (χ1n) is 10.1. The largest absolute Gasteiger partial charge is 0.350 e. The Morgan fingerprint density at radius 1 is 1.07 bits per heavy atom. The zero-order chi connectivity index (χ0) is 19.8. The molecule has 2 N–H and O–H groups in total. The number of nitrogens with one attached hydrogen (secondary N) is 2. The number of benzene rings is 1. The number of nitrogens with zero attached hydrogens (tertiary/aromatic N) is 2. The van der Waals surface area contributed by atoms with Gasteiger partial charge in [0.15, 0.2) is 0 Å². The molecule has 6 nitrogen and oxygen atoms in total. The zero-order valence-electron chi connectivity index (χ0n) is 16.1. The molecule has 3 rings (SSSR count). The third-order valence-corrected chi connectivity index (χ3v) is 5.42. The lowest BCUT2D eigenvalue weighted by atomic mass is 10.1. The Balaban J connectivity index is 1.49. The Kier molecular flexibility index (Phi) is 7.62. The molecule has 1 aromatic carbocycles. The summed E-state index contributed by atoms with van der Waals surface area (Å²) in [6.07, 6.45) is 5.45. The number of carbonyl (C=O) groups is 1. The van der Waals surface area contributed by atoms with Crippen molar-refractivity contribution in [3.8, 4) is 11.3 Å². The highest BCUT2D eigenvalue weighted by molar-refractivity contribution is 6.30. The Hall–Kier alpha value is -2.18. The normalized spacial score (nSPS) is 15.2. The van der Waals surface area contributed by atoms with Gasteiger partial charge >= 0.3 is 0 Å². The van der Waals surface area contributed by atoms with Crippen LogP contribution in [0.25, 0.3) is 11.3 Å². The molecule has 0 aliphatic carbocycles. The number of amides is 1. The van der Waals surface area contributed by atoms with Crippen LogP contribution >= 0.6 is 11.6 Å². The number of rotatable bonds is 7. The number of aryl methyl sites for hydroxylation is 1. The Labute approximate surface area is 170 Å². The van der Waals surface area contributed by atoms with Crippen molar-refractivity contribution < 1.29 is 9.69 Å². The van der Waals surface area contributed by atoms with E-state index in [1.807, 2.05) is 12.1 Å². The summed E-state index contributed by atoms with van der Waals surface area (Å²) in [7, 11) is 0. The molecule has 28 heavy (non-hydrogen) atoms. The van der Waals surface area contributed by atoms with Gasteiger partial charge in [-0.25, -0.2) is 4.68 Å². The quantitative estimate of drug-likeness (QED) is 0.736. The number of hydrogen-bond acceptors (Lipinski definition) is 3. The van der Waals surface area contributed by atoms with E-state index in [0.717, 1.165) is 12.1 Å². The minimum Gasteiger partial charge on any atom is -0.350 e. The van der Waals surface area contributed by atoms with E-state index in [9.17, 15) is 9.59 Å². The van der Waals surface area contributed by atoms with Crippen LogP contribution in [0.3, 0.4) is 0 Å². The highest BCUT2D eigenvalue weighted by atomic mass is 35.5. The molecule has 0 unspecified atom stereocenters. The Morgan fingerprint density at radius 2 is 1.79 bits per heavy atom. The van der Waals surface area contributed by atoms with Gasteiger partial charge in [-0.3, -0.25) is 9.59 Å². The van der Waals surface area contributed by atoms with Gasteiger partial charge in [0.1, 0.15) is 0 Å². The number of hydrogen-bond donors (Lipinski definition) is 2. The number of carbonyl (C=O) groups excluding carboxylic acids is 1. The molecule has 1 aliphatic rings. The van der Waals surface area contributed by atoms with Gasteiger partial charge in [0, 0.05) is 23.1 Å². The lowest BCUT2D eigenvalue weighted by Crippen LogP contribution is -3.12. The van der Waals surface area contributed by atoms with Gasteiger partial charge in [-0.15, -0.1) is 0 Å². The second-order valence-electron chi connectivity index (χ2n) is 7.30. The van der Waals surface area contributed by atoms with Crippen LogP contribution in [0.2, 0.25) is 5.02 Å². The third-order valence-electron chi connectivity index (χ3n) is 5.17. The fraction of sp³-hybridized carbons (Fsp3) is 0.476. The molecule has 2 heterocycles. The maximum atomic E-state index is 12.2. The monoisotopic (exact) mass is 403 g/mol. The maximum absolute atomic E-state index is 12.2.